The van der Waals surface area contributed by atoms with Crippen LogP contribution in [-0.4, -0.2) is 24.3 Å². The number of β-lactam (4-membered cyclic amide) rings is 1. The topological polar surface area (TPSA) is 59.5 Å². The van der Waals surface area contributed by atoms with E-state index in [1.807, 2.05) is 42.5 Å². The van der Waals surface area contributed by atoms with E-state index in [9.17, 15) is 9.59 Å². The molecule has 0 saturated carbocycles. The molecule has 1 aliphatic rings. The minimum Gasteiger partial charge on any atom is -0.497 e. The number of amides is 1. The van der Waals surface area contributed by atoms with Crippen LogP contribution >= 0.6 is 11.6 Å². The molecule has 0 radical (unpaired) electrons. The highest BCUT2D eigenvalue weighted by Crippen LogP contribution is 2.40. The monoisotopic (exact) mass is 366 g/mol. The molecule has 130 valence electrons. The average Bonchev–Trinajstić information content (AvgIpc) is 2.65. The Hall–Kier alpha value is -2.92. The smallest absolute Gasteiger partial charge is 0.230 e. The summed E-state index contributed by atoms with van der Waals surface area (Å²) in [5.74, 6) is 0.837. The number of halogens is 1. The van der Waals surface area contributed by atoms with Crippen molar-refractivity contribution >= 4 is 40.4 Å². The lowest BCUT2D eigenvalue weighted by Crippen LogP contribution is -2.46. The zero-order valence-corrected chi connectivity index (χ0v) is 14.7. The van der Waals surface area contributed by atoms with Gasteiger partial charge in [-0.05, 0) is 42.0 Å². The number of carbonyl (C=O) groups is 2. The number of nitrogens with zero attached hydrogens (tertiary/aromatic N) is 2. The first kappa shape index (κ1) is 16.5. The fraction of sp³-hybridized carbons (Fsp3) is 0.150. The summed E-state index contributed by atoms with van der Waals surface area (Å²) in [4.78, 5) is 29.3. The van der Waals surface area contributed by atoms with E-state index in [0.717, 1.165) is 22.4 Å². The van der Waals surface area contributed by atoms with Gasteiger partial charge in [-0.1, -0.05) is 23.7 Å². The summed E-state index contributed by atoms with van der Waals surface area (Å²) in [6.45, 7) is 0. The molecule has 6 heteroatoms. The van der Waals surface area contributed by atoms with Crippen LogP contribution in [-0.2, 0) is 4.79 Å². The second kappa shape index (κ2) is 6.42. The molecule has 26 heavy (non-hydrogen) atoms. The van der Waals surface area contributed by atoms with E-state index < -0.39 is 0 Å². The lowest BCUT2D eigenvalue weighted by atomic mass is 9.92. The Balaban J connectivity index is 1.71. The van der Waals surface area contributed by atoms with E-state index in [1.54, 1.807) is 18.1 Å². The van der Waals surface area contributed by atoms with Gasteiger partial charge < -0.3 is 9.64 Å². The van der Waals surface area contributed by atoms with E-state index in [2.05, 4.69) is 4.98 Å². The quantitative estimate of drug-likeness (QED) is 0.394. The molecule has 5 nitrogen and oxygen atoms in total. The van der Waals surface area contributed by atoms with Gasteiger partial charge >= 0.3 is 0 Å². The van der Waals surface area contributed by atoms with Crippen molar-refractivity contribution in [2.24, 2.45) is 0 Å². The third-order valence-electron chi connectivity index (χ3n) is 4.63. The molecular weight excluding hydrogens is 352 g/mol. The van der Waals surface area contributed by atoms with Gasteiger partial charge in [-0.25, -0.2) is 4.98 Å². The van der Waals surface area contributed by atoms with Gasteiger partial charge in [0, 0.05) is 11.1 Å². The highest BCUT2D eigenvalue weighted by Gasteiger charge is 2.38. The number of fused-ring (bicyclic) bond motifs is 1. The minimum atomic E-state index is -0.0170. The van der Waals surface area contributed by atoms with E-state index in [0.29, 0.717) is 23.8 Å². The second-order valence-corrected chi connectivity index (χ2v) is 6.48. The number of hydrogen-bond acceptors (Lipinski definition) is 4. The molecule has 1 aliphatic heterocycles. The summed E-state index contributed by atoms with van der Waals surface area (Å²) >= 11 is 5.98. The maximum atomic E-state index is 12.3. The molecule has 2 aromatic carbocycles. The number of aldehydes is 1. The molecule has 3 aromatic rings. The number of carbonyl (C=O) groups excluding carboxylic acids is 2. The Bertz CT molecular complexity index is 1020. The number of methoxy groups -OCH3 is 1. The number of anilines is 1. The maximum Gasteiger partial charge on any atom is 0.230 e. The number of pyridine rings is 1. The molecule has 1 unspecified atom stereocenters. The van der Waals surface area contributed by atoms with E-state index in [1.165, 1.54) is 0 Å². The third-order valence-corrected chi connectivity index (χ3v) is 4.94. The van der Waals surface area contributed by atoms with Crippen molar-refractivity contribution in [3.63, 3.8) is 0 Å². The molecular formula is C20H15ClN2O3. The van der Waals surface area contributed by atoms with Gasteiger partial charge in [-0.3, -0.25) is 9.59 Å². The standard InChI is InChI=1S/C20H15ClN2O3/c1-26-16-5-2-12(3-6-16)18-10-19(25)23(18)15-4-7-17-13(9-15)8-14(11-24)20(21)22-17/h2-9,11,18H,10H2,1H3. The fourth-order valence-electron chi connectivity index (χ4n) is 3.22. The van der Waals surface area contributed by atoms with Crippen molar-refractivity contribution in [1.82, 2.24) is 4.98 Å². The molecule has 1 saturated heterocycles. The van der Waals surface area contributed by atoms with Gasteiger partial charge in [-0.15, -0.1) is 0 Å². The average molecular weight is 367 g/mol. The Morgan fingerprint density at radius 1 is 1.19 bits per heavy atom. The van der Waals surface area contributed by atoms with Crippen molar-refractivity contribution in [3.8, 4) is 5.75 Å². The number of hydrogen-bond donors (Lipinski definition) is 0. The normalized spacial score (nSPS) is 16.5. The second-order valence-electron chi connectivity index (χ2n) is 6.12. The van der Waals surface area contributed by atoms with Gasteiger partial charge in [-0.2, -0.15) is 0 Å². The van der Waals surface area contributed by atoms with Gasteiger partial charge in [0.15, 0.2) is 6.29 Å². The number of aromatic nitrogens is 1. The van der Waals surface area contributed by atoms with E-state index in [-0.39, 0.29) is 17.1 Å². The van der Waals surface area contributed by atoms with Crippen LogP contribution in [0.3, 0.4) is 0 Å². The highest BCUT2D eigenvalue weighted by atomic mass is 35.5. The van der Waals surface area contributed by atoms with Crippen molar-refractivity contribution in [2.75, 3.05) is 12.0 Å². The Labute approximate surface area is 155 Å². The zero-order chi connectivity index (χ0) is 18.3. The van der Waals surface area contributed by atoms with E-state index in [4.69, 9.17) is 16.3 Å². The van der Waals surface area contributed by atoms with Gasteiger partial charge in [0.05, 0.1) is 30.7 Å². The summed E-state index contributed by atoms with van der Waals surface area (Å²) in [6.07, 6.45) is 1.14. The molecule has 1 aromatic heterocycles. The number of benzene rings is 2. The first-order valence-electron chi connectivity index (χ1n) is 8.12. The number of rotatable bonds is 4. The van der Waals surface area contributed by atoms with Gasteiger partial charge in [0.25, 0.3) is 0 Å². The molecule has 4 rings (SSSR count). The molecule has 1 atom stereocenters. The summed E-state index contributed by atoms with van der Waals surface area (Å²) in [5.41, 5.74) is 2.83. The SMILES string of the molecule is COc1ccc(C2CC(=O)N2c2ccc3nc(Cl)c(C=O)cc3c2)cc1. The van der Waals surface area contributed by atoms with E-state index >= 15 is 0 Å². The van der Waals surface area contributed by atoms with Crippen LogP contribution in [0, 0.1) is 0 Å². The van der Waals surface area contributed by atoms with Crippen LogP contribution < -0.4 is 9.64 Å². The first-order valence-corrected chi connectivity index (χ1v) is 8.50. The van der Waals surface area contributed by atoms with Crippen molar-refractivity contribution < 1.29 is 14.3 Å². The molecule has 0 bridgehead atoms. The fourth-order valence-corrected chi connectivity index (χ4v) is 3.41. The Kier molecular flexibility index (Phi) is 4.09. The predicted molar refractivity (Wildman–Crippen MR) is 100.0 cm³/mol. The zero-order valence-electron chi connectivity index (χ0n) is 14.0. The van der Waals surface area contributed by atoms with Crippen LogP contribution in [0.5, 0.6) is 5.75 Å². The molecule has 1 amide bonds. The summed E-state index contributed by atoms with van der Waals surface area (Å²) in [5, 5.41) is 0.943. The molecule has 2 heterocycles. The largest absolute Gasteiger partial charge is 0.497 e. The summed E-state index contributed by atoms with van der Waals surface area (Å²) in [6, 6.07) is 14.9. The lowest BCUT2D eigenvalue weighted by molar-refractivity contribution is -0.124. The highest BCUT2D eigenvalue weighted by molar-refractivity contribution is 6.32. The minimum absolute atomic E-state index is 0.0170. The maximum absolute atomic E-state index is 12.3. The molecule has 0 spiro atoms. The lowest BCUT2D eigenvalue weighted by Gasteiger charge is -2.41. The molecule has 1 fully saturated rings. The number of ether oxygens (including phenoxy) is 1. The van der Waals surface area contributed by atoms with Crippen LogP contribution in [0.4, 0.5) is 5.69 Å². The van der Waals surface area contributed by atoms with Gasteiger partial charge in [0.2, 0.25) is 5.91 Å². The Morgan fingerprint density at radius 3 is 2.62 bits per heavy atom. The van der Waals surface area contributed by atoms with Crippen LogP contribution in [0.25, 0.3) is 10.9 Å². The van der Waals surface area contributed by atoms with Crippen LogP contribution in [0.15, 0.2) is 48.5 Å². The summed E-state index contributed by atoms with van der Waals surface area (Å²) < 4.78 is 5.19. The molecule has 0 N–H and O–H groups in total. The predicted octanol–water partition coefficient (Wildman–Crippen LogP) is 4.19. The van der Waals surface area contributed by atoms with Crippen LogP contribution in [0.2, 0.25) is 5.15 Å². The Morgan fingerprint density at radius 2 is 1.96 bits per heavy atom. The summed E-state index contributed by atoms with van der Waals surface area (Å²) in [7, 11) is 1.62. The van der Waals surface area contributed by atoms with Gasteiger partial charge in [0.1, 0.15) is 10.9 Å². The first-order chi connectivity index (χ1) is 12.6. The van der Waals surface area contributed by atoms with Crippen molar-refractivity contribution in [3.05, 3.63) is 64.8 Å². The molecule has 0 aliphatic carbocycles. The van der Waals surface area contributed by atoms with Crippen molar-refractivity contribution in [2.45, 2.75) is 12.5 Å². The van der Waals surface area contributed by atoms with Crippen LogP contribution in [0.1, 0.15) is 28.4 Å². The third kappa shape index (κ3) is 2.70. The van der Waals surface area contributed by atoms with Crippen molar-refractivity contribution in [1.29, 1.82) is 0 Å².